The average Bonchev–Trinajstić information content (AvgIpc) is 2.59. The molecule has 1 heterocycles. The molecule has 1 N–H and O–H groups in total. The quantitative estimate of drug-likeness (QED) is 0.766. The molecule has 26 heavy (non-hydrogen) atoms. The average molecular weight is 386 g/mol. The first-order valence-corrected chi connectivity index (χ1v) is 10.2. The third kappa shape index (κ3) is 5.00. The Kier molecular flexibility index (Phi) is 7.10. The maximum absolute atomic E-state index is 13.5. The van der Waals surface area contributed by atoms with E-state index in [0.717, 1.165) is 0 Å². The van der Waals surface area contributed by atoms with Crippen molar-refractivity contribution in [3.63, 3.8) is 0 Å². The van der Waals surface area contributed by atoms with E-state index in [1.54, 1.807) is 19.1 Å². The summed E-state index contributed by atoms with van der Waals surface area (Å²) in [5, 5.41) is 2.67. The van der Waals surface area contributed by atoms with Gasteiger partial charge in [-0.1, -0.05) is 19.9 Å². The maximum Gasteiger partial charge on any atom is 0.282 e. The summed E-state index contributed by atoms with van der Waals surface area (Å²) in [6.45, 7) is 7.98. The number of carbonyl (C=O) groups is 1. The molecular weight excluding hydrogens is 359 g/mol. The van der Waals surface area contributed by atoms with E-state index in [9.17, 15) is 17.6 Å². The highest BCUT2D eigenvalue weighted by atomic mass is 32.2. The van der Waals surface area contributed by atoms with Gasteiger partial charge in [-0.3, -0.25) is 9.69 Å². The number of benzene rings is 1. The summed E-state index contributed by atoms with van der Waals surface area (Å²) >= 11 is 0. The molecule has 0 bridgehead atoms. The highest BCUT2D eigenvalue weighted by molar-refractivity contribution is 7.86. The number of nitrogens with zero attached hydrogens (tertiary/aromatic N) is 3. The van der Waals surface area contributed by atoms with Crippen LogP contribution >= 0.6 is 0 Å². The van der Waals surface area contributed by atoms with Crippen molar-refractivity contribution >= 4 is 21.8 Å². The summed E-state index contributed by atoms with van der Waals surface area (Å²) in [7, 11) is -3.44. The van der Waals surface area contributed by atoms with Gasteiger partial charge >= 0.3 is 0 Å². The van der Waals surface area contributed by atoms with Crippen LogP contribution in [0.2, 0.25) is 0 Å². The van der Waals surface area contributed by atoms with Gasteiger partial charge in [0.1, 0.15) is 5.82 Å². The van der Waals surface area contributed by atoms with Crippen LogP contribution in [0.1, 0.15) is 19.4 Å². The number of nitrogens with one attached hydrogen (secondary N) is 1. The van der Waals surface area contributed by atoms with Crippen molar-refractivity contribution in [1.82, 2.24) is 13.5 Å². The molecule has 1 fully saturated rings. The molecule has 2 rings (SSSR count). The SMILES string of the molecule is CCN(CC)S(=O)(=O)N1CCN(CC(=O)Nc2ccc(C)c(F)c2)CC1. The minimum atomic E-state index is -3.44. The first-order valence-electron chi connectivity index (χ1n) is 8.81. The van der Waals surface area contributed by atoms with Crippen LogP contribution in [0.5, 0.6) is 0 Å². The van der Waals surface area contributed by atoms with Gasteiger partial charge in [-0.15, -0.1) is 0 Å². The maximum atomic E-state index is 13.5. The monoisotopic (exact) mass is 386 g/mol. The Bertz CT molecular complexity index is 730. The second-order valence-electron chi connectivity index (χ2n) is 6.28. The third-order valence-electron chi connectivity index (χ3n) is 4.51. The fourth-order valence-corrected chi connectivity index (χ4v) is 4.51. The zero-order valence-corrected chi connectivity index (χ0v) is 16.4. The molecule has 1 aromatic rings. The van der Waals surface area contributed by atoms with Gasteiger partial charge in [0, 0.05) is 45.0 Å². The first kappa shape index (κ1) is 20.8. The molecule has 0 aromatic heterocycles. The lowest BCUT2D eigenvalue weighted by molar-refractivity contribution is -0.117. The first-order chi connectivity index (χ1) is 12.3. The number of halogens is 1. The fourth-order valence-electron chi connectivity index (χ4n) is 2.91. The van der Waals surface area contributed by atoms with Crippen LogP contribution in [0.15, 0.2) is 18.2 Å². The second kappa shape index (κ2) is 8.90. The van der Waals surface area contributed by atoms with E-state index in [2.05, 4.69) is 5.32 Å². The number of carbonyl (C=O) groups excluding carboxylic acids is 1. The van der Waals surface area contributed by atoms with E-state index in [-0.39, 0.29) is 18.3 Å². The summed E-state index contributed by atoms with van der Waals surface area (Å²) in [6.07, 6.45) is 0. The number of amides is 1. The van der Waals surface area contributed by atoms with Crippen LogP contribution in [-0.2, 0) is 15.0 Å². The van der Waals surface area contributed by atoms with Crippen LogP contribution in [0.25, 0.3) is 0 Å². The van der Waals surface area contributed by atoms with Gasteiger partial charge in [-0.25, -0.2) is 4.39 Å². The summed E-state index contributed by atoms with van der Waals surface area (Å²) < 4.78 is 41.4. The van der Waals surface area contributed by atoms with E-state index in [1.807, 2.05) is 18.7 Å². The van der Waals surface area contributed by atoms with E-state index in [4.69, 9.17) is 0 Å². The number of rotatable bonds is 7. The van der Waals surface area contributed by atoms with Crippen molar-refractivity contribution in [2.45, 2.75) is 20.8 Å². The van der Waals surface area contributed by atoms with Crippen molar-refractivity contribution in [1.29, 1.82) is 0 Å². The fraction of sp³-hybridized carbons (Fsp3) is 0.588. The predicted octanol–water partition coefficient (Wildman–Crippen LogP) is 1.28. The normalized spacial score (nSPS) is 16.8. The Balaban J connectivity index is 1.86. The molecule has 0 unspecified atom stereocenters. The zero-order chi connectivity index (χ0) is 19.3. The van der Waals surface area contributed by atoms with Crippen LogP contribution in [-0.4, -0.2) is 73.6 Å². The van der Waals surface area contributed by atoms with Crippen LogP contribution in [0.4, 0.5) is 10.1 Å². The Morgan fingerprint density at radius 3 is 2.35 bits per heavy atom. The summed E-state index contributed by atoms with van der Waals surface area (Å²) in [6, 6.07) is 4.56. The zero-order valence-electron chi connectivity index (χ0n) is 15.5. The smallest absolute Gasteiger partial charge is 0.282 e. The molecule has 0 atom stereocenters. The van der Waals surface area contributed by atoms with E-state index in [0.29, 0.717) is 50.5 Å². The summed E-state index contributed by atoms with van der Waals surface area (Å²) in [4.78, 5) is 14.0. The van der Waals surface area contributed by atoms with Crippen molar-refractivity contribution in [3.05, 3.63) is 29.6 Å². The predicted molar refractivity (Wildman–Crippen MR) is 99.6 cm³/mol. The van der Waals surface area contributed by atoms with Gasteiger partial charge in [0.25, 0.3) is 10.2 Å². The number of anilines is 1. The highest BCUT2D eigenvalue weighted by Gasteiger charge is 2.31. The Morgan fingerprint density at radius 2 is 1.81 bits per heavy atom. The topological polar surface area (TPSA) is 73.0 Å². The molecule has 1 aromatic carbocycles. The minimum absolute atomic E-state index is 0.147. The van der Waals surface area contributed by atoms with E-state index >= 15 is 0 Å². The third-order valence-corrected chi connectivity index (χ3v) is 6.70. The number of hydrogen-bond donors (Lipinski definition) is 1. The molecular formula is C17H27FN4O3S. The lowest BCUT2D eigenvalue weighted by atomic mass is 10.2. The standard InChI is InChI=1S/C17H27FN4O3S/c1-4-21(5-2)26(24,25)22-10-8-20(9-11-22)13-17(23)19-15-7-6-14(3)16(18)12-15/h6-7,12H,4-5,8-11,13H2,1-3H3,(H,19,23). The molecule has 0 spiro atoms. The molecule has 9 heteroatoms. The molecule has 1 aliphatic rings. The van der Waals surface area contributed by atoms with Crippen molar-refractivity contribution in [2.24, 2.45) is 0 Å². The molecule has 146 valence electrons. The lowest BCUT2D eigenvalue weighted by Gasteiger charge is -2.35. The molecule has 0 aliphatic carbocycles. The molecule has 7 nitrogen and oxygen atoms in total. The van der Waals surface area contributed by atoms with Gasteiger partial charge in [0.2, 0.25) is 5.91 Å². The number of hydrogen-bond acceptors (Lipinski definition) is 4. The van der Waals surface area contributed by atoms with Crippen molar-refractivity contribution in [3.8, 4) is 0 Å². The van der Waals surface area contributed by atoms with Crippen LogP contribution < -0.4 is 5.32 Å². The summed E-state index contributed by atoms with van der Waals surface area (Å²) in [5.41, 5.74) is 0.939. The minimum Gasteiger partial charge on any atom is -0.325 e. The van der Waals surface area contributed by atoms with Crippen LogP contribution in [0.3, 0.4) is 0 Å². The number of aryl methyl sites for hydroxylation is 1. The van der Waals surface area contributed by atoms with E-state index in [1.165, 1.54) is 14.7 Å². The molecule has 1 amide bonds. The van der Waals surface area contributed by atoms with Gasteiger partial charge in [-0.2, -0.15) is 17.0 Å². The van der Waals surface area contributed by atoms with Crippen molar-refractivity contribution < 1.29 is 17.6 Å². The molecule has 0 saturated carbocycles. The van der Waals surface area contributed by atoms with Crippen molar-refractivity contribution in [2.75, 3.05) is 51.1 Å². The van der Waals surface area contributed by atoms with E-state index < -0.39 is 10.2 Å². The van der Waals surface area contributed by atoms with Gasteiger partial charge in [0.15, 0.2) is 0 Å². The summed E-state index contributed by atoms with van der Waals surface area (Å²) in [5.74, 6) is -0.605. The Morgan fingerprint density at radius 1 is 1.19 bits per heavy atom. The molecule has 1 saturated heterocycles. The Hall–Kier alpha value is -1.55. The lowest BCUT2D eigenvalue weighted by Crippen LogP contribution is -2.54. The highest BCUT2D eigenvalue weighted by Crippen LogP contribution is 2.15. The molecule has 1 aliphatic heterocycles. The Labute approximate surface area is 154 Å². The van der Waals surface area contributed by atoms with Crippen LogP contribution in [0, 0.1) is 12.7 Å². The molecule has 0 radical (unpaired) electrons. The van der Waals surface area contributed by atoms with Gasteiger partial charge in [-0.05, 0) is 24.6 Å². The van der Waals surface area contributed by atoms with Gasteiger partial charge < -0.3 is 5.32 Å². The largest absolute Gasteiger partial charge is 0.325 e. The second-order valence-corrected chi connectivity index (χ2v) is 8.21. The van der Waals surface area contributed by atoms with Gasteiger partial charge in [0.05, 0.1) is 6.54 Å². The number of piperazine rings is 1.